The smallest absolute Gasteiger partial charge is 0.0775 e. The Morgan fingerprint density at radius 2 is 1.73 bits per heavy atom. The largest absolute Gasteiger partial charge is 0.132 e. The molecule has 0 N–H and O–H groups in total. The van der Waals surface area contributed by atoms with Gasteiger partial charge in [0, 0.05) is 14.9 Å². The topological polar surface area (TPSA) is 0 Å². The Morgan fingerprint density at radius 3 is 2.33 bits per heavy atom. The molecule has 2 heteroatoms. The highest BCUT2D eigenvalue weighted by molar-refractivity contribution is 9.10. The fraction of sp³-hybridized carbons (Fsp3) is 0.0769. The molecule has 0 unspecified atom stereocenters. The minimum atomic E-state index is 1.05. The molecule has 0 spiro atoms. The molecule has 0 aliphatic heterocycles. The minimum absolute atomic E-state index is 1.05. The Balaban J connectivity index is 2.22. The van der Waals surface area contributed by atoms with Crippen molar-refractivity contribution < 1.29 is 0 Å². The van der Waals surface area contributed by atoms with Crippen LogP contribution in [0.15, 0.2) is 40.9 Å². The Hall–Kier alpha value is -1.04. The number of aryl methyl sites for hydroxylation is 1. The van der Waals surface area contributed by atoms with Gasteiger partial charge >= 0.3 is 0 Å². The molecule has 0 bridgehead atoms. The van der Waals surface area contributed by atoms with Crippen LogP contribution in [-0.4, -0.2) is 0 Å². The second-order valence-corrected chi connectivity index (χ2v) is 5.37. The van der Waals surface area contributed by atoms with Gasteiger partial charge in [0.05, 0.1) is 4.88 Å². The second-order valence-electron chi connectivity index (χ2n) is 3.17. The van der Waals surface area contributed by atoms with Gasteiger partial charge in [-0.05, 0) is 43.3 Å². The van der Waals surface area contributed by atoms with E-state index in [2.05, 4.69) is 46.8 Å². The summed E-state index contributed by atoms with van der Waals surface area (Å²) in [6.07, 6.45) is 0. The first-order valence-electron chi connectivity index (χ1n) is 4.58. The SMILES string of the molecule is Cc1ccc(C#Cc2ccc(Br)cc2)s1. The van der Waals surface area contributed by atoms with Crippen molar-refractivity contribution in [1.29, 1.82) is 0 Å². The van der Waals surface area contributed by atoms with Crippen molar-refractivity contribution in [2.75, 3.05) is 0 Å². The van der Waals surface area contributed by atoms with Crippen molar-refractivity contribution in [2.24, 2.45) is 0 Å². The van der Waals surface area contributed by atoms with Crippen LogP contribution in [0.25, 0.3) is 0 Å². The molecule has 0 aliphatic rings. The number of hydrogen-bond donors (Lipinski definition) is 0. The van der Waals surface area contributed by atoms with E-state index in [0.717, 1.165) is 14.9 Å². The van der Waals surface area contributed by atoms with Crippen LogP contribution in [0.4, 0.5) is 0 Å². The lowest BCUT2D eigenvalue weighted by atomic mass is 10.2. The summed E-state index contributed by atoms with van der Waals surface area (Å²) in [6, 6.07) is 12.2. The van der Waals surface area contributed by atoms with Crippen LogP contribution >= 0.6 is 27.3 Å². The normalized spacial score (nSPS) is 9.47. The van der Waals surface area contributed by atoms with Gasteiger partial charge < -0.3 is 0 Å². The number of benzene rings is 1. The van der Waals surface area contributed by atoms with Crippen LogP contribution in [0.2, 0.25) is 0 Å². The van der Waals surface area contributed by atoms with Gasteiger partial charge in [-0.1, -0.05) is 27.8 Å². The summed E-state index contributed by atoms with van der Waals surface area (Å²) in [5.74, 6) is 6.30. The van der Waals surface area contributed by atoms with Crippen molar-refractivity contribution in [3.8, 4) is 11.8 Å². The molecule has 0 radical (unpaired) electrons. The summed E-state index contributed by atoms with van der Waals surface area (Å²) in [6.45, 7) is 2.09. The Labute approximate surface area is 102 Å². The van der Waals surface area contributed by atoms with Crippen LogP contribution in [0.3, 0.4) is 0 Å². The lowest BCUT2D eigenvalue weighted by Gasteiger charge is -1.89. The molecule has 2 aromatic rings. The Morgan fingerprint density at radius 1 is 1.00 bits per heavy atom. The molecule has 1 heterocycles. The number of hydrogen-bond acceptors (Lipinski definition) is 1. The molecule has 0 fully saturated rings. The third-order valence-electron chi connectivity index (χ3n) is 1.91. The monoisotopic (exact) mass is 276 g/mol. The Bertz CT molecular complexity index is 511. The maximum Gasteiger partial charge on any atom is 0.0775 e. The minimum Gasteiger partial charge on any atom is -0.132 e. The molecule has 0 nitrogen and oxygen atoms in total. The molecule has 0 amide bonds. The second kappa shape index (κ2) is 4.65. The summed E-state index contributed by atoms with van der Waals surface area (Å²) in [4.78, 5) is 2.42. The van der Waals surface area contributed by atoms with Crippen molar-refractivity contribution >= 4 is 27.3 Å². The highest BCUT2D eigenvalue weighted by Gasteiger charge is 1.91. The summed E-state index contributed by atoms with van der Waals surface area (Å²) >= 11 is 5.13. The van der Waals surface area contributed by atoms with E-state index in [-0.39, 0.29) is 0 Å². The van der Waals surface area contributed by atoms with E-state index in [4.69, 9.17) is 0 Å². The van der Waals surface area contributed by atoms with Gasteiger partial charge in [0.25, 0.3) is 0 Å². The lowest BCUT2D eigenvalue weighted by molar-refractivity contribution is 1.60. The molecule has 74 valence electrons. The van der Waals surface area contributed by atoms with Gasteiger partial charge in [0.15, 0.2) is 0 Å². The fourth-order valence-electron chi connectivity index (χ4n) is 1.17. The van der Waals surface area contributed by atoms with E-state index in [1.54, 1.807) is 11.3 Å². The number of halogens is 1. The van der Waals surface area contributed by atoms with E-state index in [1.165, 1.54) is 4.88 Å². The molecular weight excluding hydrogens is 268 g/mol. The van der Waals surface area contributed by atoms with Crippen molar-refractivity contribution in [1.82, 2.24) is 0 Å². The third kappa shape index (κ3) is 2.95. The van der Waals surface area contributed by atoms with Crippen LogP contribution in [0, 0.1) is 18.8 Å². The number of thiophene rings is 1. The molecule has 1 aromatic carbocycles. The maximum absolute atomic E-state index is 3.40. The average Bonchev–Trinajstić information content (AvgIpc) is 2.64. The van der Waals surface area contributed by atoms with Gasteiger partial charge in [-0.15, -0.1) is 11.3 Å². The first-order valence-corrected chi connectivity index (χ1v) is 6.19. The van der Waals surface area contributed by atoms with Gasteiger partial charge in [-0.2, -0.15) is 0 Å². The van der Waals surface area contributed by atoms with E-state index in [9.17, 15) is 0 Å². The standard InChI is InChI=1S/C13H9BrS/c1-10-2-8-13(15-10)9-5-11-3-6-12(14)7-4-11/h2-4,6-8H,1H3. The molecular formula is C13H9BrS. The third-order valence-corrected chi connectivity index (χ3v) is 3.36. The summed E-state index contributed by atoms with van der Waals surface area (Å²) in [5, 5.41) is 0. The van der Waals surface area contributed by atoms with Crippen LogP contribution in [0.1, 0.15) is 15.3 Å². The van der Waals surface area contributed by atoms with Crippen molar-refractivity contribution in [3.05, 3.63) is 56.2 Å². The molecule has 1 aromatic heterocycles. The van der Waals surface area contributed by atoms with Gasteiger partial charge in [-0.25, -0.2) is 0 Å². The van der Waals surface area contributed by atoms with Crippen LogP contribution < -0.4 is 0 Å². The molecule has 0 saturated carbocycles. The summed E-state index contributed by atoms with van der Waals surface area (Å²) < 4.78 is 1.08. The van der Waals surface area contributed by atoms with Crippen LogP contribution in [0.5, 0.6) is 0 Å². The quantitative estimate of drug-likeness (QED) is 0.632. The average molecular weight is 277 g/mol. The van der Waals surface area contributed by atoms with E-state index >= 15 is 0 Å². The van der Waals surface area contributed by atoms with Gasteiger partial charge in [0.2, 0.25) is 0 Å². The highest BCUT2D eigenvalue weighted by Crippen LogP contribution is 2.14. The maximum atomic E-state index is 3.40. The first kappa shape index (κ1) is 10.5. The van der Waals surface area contributed by atoms with Gasteiger partial charge in [0.1, 0.15) is 0 Å². The zero-order valence-corrected chi connectivity index (χ0v) is 10.7. The summed E-state index contributed by atoms with van der Waals surface area (Å²) in [5.41, 5.74) is 1.05. The lowest BCUT2D eigenvalue weighted by Crippen LogP contribution is -1.72. The van der Waals surface area contributed by atoms with Crippen molar-refractivity contribution in [2.45, 2.75) is 6.92 Å². The van der Waals surface area contributed by atoms with Crippen molar-refractivity contribution in [3.63, 3.8) is 0 Å². The van der Waals surface area contributed by atoms with E-state index in [1.807, 2.05) is 24.3 Å². The molecule has 0 aliphatic carbocycles. The van der Waals surface area contributed by atoms with Gasteiger partial charge in [-0.3, -0.25) is 0 Å². The highest BCUT2D eigenvalue weighted by atomic mass is 79.9. The first-order chi connectivity index (χ1) is 7.24. The van der Waals surface area contributed by atoms with E-state index in [0.29, 0.717) is 0 Å². The predicted octanol–water partition coefficient (Wildman–Crippen LogP) is 4.22. The number of rotatable bonds is 0. The Kier molecular flexibility index (Phi) is 3.25. The summed E-state index contributed by atoms with van der Waals surface area (Å²) in [7, 11) is 0. The van der Waals surface area contributed by atoms with Crippen LogP contribution in [-0.2, 0) is 0 Å². The zero-order chi connectivity index (χ0) is 10.7. The molecule has 15 heavy (non-hydrogen) atoms. The molecule has 2 rings (SSSR count). The molecule has 0 atom stereocenters. The fourth-order valence-corrected chi connectivity index (χ4v) is 2.15. The predicted molar refractivity (Wildman–Crippen MR) is 69.2 cm³/mol. The van der Waals surface area contributed by atoms with E-state index < -0.39 is 0 Å². The molecule has 0 saturated heterocycles. The zero-order valence-electron chi connectivity index (χ0n) is 8.25.